The molecular formula is C20H24BrClFNO2. The average Bonchev–Trinajstić information content (AvgIpc) is 2.57. The molecule has 0 bridgehead atoms. The molecule has 0 aliphatic heterocycles. The van der Waals surface area contributed by atoms with Gasteiger partial charge in [-0.1, -0.05) is 47.4 Å². The van der Waals surface area contributed by atoms with Crippen LogP contribution >= 0.6 is 27.5 Å². The highest BCUT2D eigenvalue weighted by atomic mass is 79.9. The number of rotatable bonds is 9. The Kier molecular flexibility index (Phi) is 8.19. The molecule has 0 saturated heterocycles. The van der Waals surface area contributed by atoms with Crippen LogP contribution in [0, 0.1) is 11.7 Å². The number of benzene rings is 2. The minimum atomic E-state index is -0.366. The van der Waals surface area contributed by atoms with Crippen LogP contribution in [-0.4, -0.2) is 13.2 Å². The summed E-state index contributed by atoms with van der Waals surface area (Å²) in [5.74, 6) is 1.51. The van der Waals surface area contributed by atoms with Crippen LogP contribution in [-0.2, 0) is 13.2 Å². The molecular weight excluding hydrogens is 421 g/mol. The Morgan fingerprint density at radius 3 is 2.50 bits per heavy atom. The molecule has 0 heterocycles. The number of ether oxygens (including phenoxy) is 2. The second-order valence-corrected chi connectivity index (χ2v) is 7.63. The van der Waals surface area contributed by atoms with Crippen LogP contribution in [0.2, 0.25) is 5.02 Å². The Hall–Kier alpha value is -1.30. The van der Waals surface area contributed by atoms with Gasteiger partial charge in [0.05, 0.1) is 11.6 Å². The van der Waals surface area contributed by atoms with Crippen molar-refractivity contribution in [1.82, 2.24) is 5.32 Å². The van der Waals surface area contributed by atoms with E-state index in [-0.39, 0.29) is 12.4 Å². The van der Waals surface area contributed by atoms with Gasteiger partial charge in [-0.15, -0.1) is 0 Å². The molecule has 0 radical (unpaired) electrons. The normalized spacial score (nSPS) is 11.0. The van der Waals surface area contributed by atoms with Crippen LogP contribution in [0.5, 0.6) is 11.5 Å². The lowest BCUT2D eigenvalue weighted by Crippen LogP contribution is -2.19. The van der Waals surface area contributed by atoms with Gasteiger partial charge in [0.15, 0.2) is 11.5 Å². The van der Waals surface area contributed by atoms with Crippen molar-refractivity contribution >= 4 is 27.5 Å². The smallest absolute Gasteiger partial charge is 0.162 e. The van der Waals surface area contributed by atoms with Crippen molar-refractivity contribution in [3.63, 3.8) is 0 Å². The van der Waals surface area contributed by atoms with Crippen molar-refractivity contribution in [2.45, 2.75) is 33.9 Å². The number of nitrogens with one attached hydrogen (secondary N) is 1. The lowest BCUT2D eigenvalue weighted by Gasteiger charge is -2.16. The molecule has 2 aromatic carbocycles. The molecule has 6 heteroatoms. The lowest BCUT2D eigenvalue weighted by molar-refractivity contribution is 0.268. The minimum Gasteiger partial charge on any atom is -0.490 e. The number of halogens is 3. The quantitative estimate of drug-likeness (QED) is 0.517. The van der Waals surface area contributed by atoms with Crippen LogP contribution in [0.15, 0.2) is 34.8 Å². The minimum absolute atomic E-state index is 0.233. The van der Waals surface area contributed by atoms with E-state index in [9.17, 15) is 4.39 Å². The van der Waals surface area contributed by atoms with Crippen molar-refractivity contribution in [2.24, 2.45) is 5.92 Å². The van der Waals surface area contributed by atoms with Crippen molar-refractivity contribution in [1.29, 1.82) is 0 Å². The van der Waals surface area contributed by atoms with E-state index in [0.717, 1.165) is 23.1 Å². The Morgan fingerprint density at radius 2 is 1.85 bits per heavy atom. The fourth-order valence-electron chi connectivity index (χ4n) is 2.38. The summed E-state index contributed by atoms with van der Waals surface area (Å²) in [5, 5.41) is 3.77. The summed E-state index contributed by atoms with van der Waals surface area (Å²) in [6.07, 6.45) is 0. The zero-order valence-corrected chi connectivity index (χ0v) is 17.6. The van der Waals surface area contributed by atoms with E-state index < -0.39 is 0 Å². The van der Waals surface area contributed by atoms with E-state index in [1.54, 1.807) is 6.07 Å². The first-order chi connectivity index (χ1) is 12.4. The van der Waals surface area contributed by atoms with Gasteiger partial charge in [-0.25, -0.2) is 4.39 Å². The predicted molar refractivity (Wildman–Crippen MR) is 108 cm³/mol. The monoisotopic (exact) mass is 443 g/mol. The molecule has 0 atom stereocenters. The summed E-state index contributed by atoms with van der Waals surface area (Å²) in [6, 6.07) is 8.14. The zero-order chi connectivity index (χ0) is 19.1. The average molecular weight is 445 g/mol. The van der Waals surface area contributed by atoms with E-state index >= 15 is 0 Å². The molecule has 2 rings (SSSR count). The van der Waals surface area contributed by atoms with Gasteiger partial charge in [0.1, 0.15) is 12.4 Å². The third-order valence-corrected chi connectivity index (χ3v) is 4.77. The molecule has 1 N–H and O–H groups in total. The van der Waals surface area contributed by atoms with Crippen molar-refractivity contribution in [2.75, 3.05) is 13.2 Å². The highest BCUT2D eigenvalue weighted by Gasteiger charge is 2.12. The van der Waals surface area contributed by atoms with Gasteiger partial charge < -0.3 is 14.8 Å². The Bertz CT molecular complexity index is 740. The summed E-state index contributed by atoms with van der Waals surface area (Å²) < 4.78 is 25.7. The maximum absolute atomic E-state index is 13.2. The van der Waals surface area contributed by atoms with Crippen LogP contribution < -0.4 is 14.8 Å². The molecule has 142 valence electrons. The Labute approximate surface area is 168 Å². The summed E-state index contributed by atoms with van der Waals surface area (Å²) in [4.78, 5) is 0. The van der Waals surface area contributed by atoms with Crippen molar-refractivity contribution in [3.8, 4) is 11.5 Å². The molecule has 0 unspecified atom stereocenters. The van der Waals surface area contributed by atoms with E-state index in [1.165, 1.54) is 12.1 Å². The second kappa shape index (κ2) is 10.1. The maximum Gasteiger partial charge on any atom is 0.162 e. The van der Waals surface area contributed by atoms with Crippen molar-refractivity contribution in [3.05, 3.63) is 56.8 Å². The third kappa shape index (κ3) is 6.15. The van der Waals surface area contributed by atoms with Gasteiger partial charge >= 0.3 is 0 Å². The first-order valence-corrected chi connectivity index (χ1v) is 9.80. The Morgan fingerprint density at radius 1 is 1.12 bits per heavy atom. The SMILES string of the molecule is CCOc1cc(CNCC(C)C)c(Br)cc1OCc1ccc(F)cc1Cl. The molecule has 0 aliphatic carbocycles. The topological polar surface area (TPSA) is 30.5 Å². The summed E-state index contributed by atoms with van der Waals surface area (Å²) >= 11 is 9.67. The van der Waals surface area contributed by atoms with Crippen LogP contribution in [0.3, 0.4) is 0 Å². The van der Waals surface area contributed by atoms with Gasteiger partial charge in [0.25, 0.3) is 0 Å². The molecule has 0 amide bonds. The van der Waals surface area contributed by atoms with Crippen LogP contribution in [0.4, 0.5) is 4.39 Å². The highest BCUT2D eigenvalue weighted by Crippen LogP contribution is 2.35. The number of hydrogen-bond donors (Lipinski definition) is 1. The maximum atomic E-state index is 13.2. The highest BCUT2D eigenvalue weighted by molar-refractivity contribution is 9.10. The van der Waals surface area contributed by atoms with E-state index in [2.05, 4.69) is 35.1 Å². The molecule has 3 nitrogen and oxygen atoms in total. The molecule has 0 spiro atoms. The predicted octanol–water partition coefficient (Wildman–Crippen LogP) is 5.96. The van der Waals surface area contributed by atoms with Crippen molar-refractivity contribution < 1.29 is 13.9 Å². The lowest BCUT2D eigenvalue weighted by atomic mass is 10.1. The molecule has 0 fully saturated rings. The molecule has 0 saturated carbocycles. The van der Waals surface area contributed by atoms with Gasteiger partial charge in [-0.3, -0.25) is 0 Å². The largest absolute Gasteiger partial charge is 0.490 e. The standard InChI is InChI=1S/C20H24BrClFNO2/c1-4-25-19-7-15(11-24-10-13(2)3)17(21)9-20(19)26-12-14-5-6-16(23)8-18(14)22/h5-9,13,24H,4,10-12H2,1-3H3. The summed E-state index contributed by atoms with van der Waals surface area (Å²) in [7, 11) is 0. The van der Waals surface area contributed by atoms with E-state index in [4.69, 9.17) is 21.1 Å². The molecule has 0 aromatic heterocycles. The van der Waals surface area contributed by atoms with Gasteiger partial charge in [-0.05, 0) is 49.2 Å². The fraction of sp³-hybridized carbons (Fsp3) is 0.400. The van der Waals surface area contributed by atoms with Crippen LogP contribution in [0.25, 0.3) is 0 Å². The van der Waals surface area contributed by atoms with Gasteiger partial charge in [-0.2, -0.15) is 0 Å². The molecule has 0 aliphatic rings. The van der Waals surface area contributed by atoms with Crippen LogP contribution in [0.1, 0.15) is 31.9 Å². The Balaban J connectivity index is 2.14. The van der Waals surface area contributed by atoms with E-state index in [0.29, 0.717) is 34.6 Å². The van der Waals surface area contributed by atoms with Gasteiger partial charge in [0, 0.05) is 16.6 Å². The molecule has 2 aromatic rings. The van der Waals surface area contributed by atoms with E-state index in [1.807, 2.05) is 19.1 Å². The second-order valence-electron chi connectivity index (χ2n) is 6.37. The summed E-state index contributed by atoms with van der Waals surface area (Å²) in [6.45, 7) is 8.72. The molecule has 26 heavy (non-hydrogen) atoms. The summed E-state index contributed by atoms with van der Waals surface area (Å²) in [5.41, 5.74) is 1.82. The zero-order valence-electron chi connectivity index (χ0n) is 15.2. The first-order valence-electron chi connectivity index (χ1n) is 8.63. The first kappa shape index (κ1) is 21.0. The fourth-order valence-corrected chi connectivity index (χ4v) is 3.07. The third-order valence-electron chi connectivity index (χ3n) is 3.68. The van der Waals surface area contributed by atoms with Gasteiger partial charge in [0.2, 0.25) is 0 Å². The number of hydrogen-bond acceptors (Lipinski definition) is 3.